The second-order valence-corrected chi connectivity index (χ2v) is 6.15. The lowest BCUT2D eigenvalue weighted by molar-refractivity contribution is 0.669. The zero-order valence-corrected chi connectivity index (χ0v) is 11.5. The van der Waals surface area contributed by atoms with Gasteiger partial charge < -0.3 is 5.73 Å². The molecule has 1 aromatic heterocycles. The van der Waals surface area contributed by atoms with Gasteiger partial charge in [-0.3, -0.25) is 0 Å². The van der Waals surface area contributed by atoms with Crippen molar-refractivity contribution in [2.75, 3.05) is 5.73 Å². The molecule has 0 saturated heterocycles. The molecule has 0 amide bonds. The number of hydrogen-bond acceptors (Lipinski definition) is 3. The molecule has 4 heteroatoms. The maximum absolute atomic E-state index is 5.99. The Morgan fingerprint density at radius 3 is 2.47 bits per heavy atom. The molecule has 1 aromatic rings. The van der Waals surface area contributed by atoms with Crippen molar-refractivity contribution < 1.29 is 0 Å². The van der Waals surface area contributed by atoms with Gasteiger partial charge in [0.1, 0.15) is 11.6 Å². The maximum atomic E-state index is 5.99. The number of anilines is 1. The van der Waals surface area contributed by atoms with E-state index in [-0.39, 0.29) is 0 Å². The van der Waals surface area contributed by atoms with E-state index in [1.165, 1.54) is 38.5 Å². The molecule has 2 aliphatic rings. The minimum Gasteiger partial charge on any atom is -0.383 e. The van der Waals surface area contributed by atoms with Gasteiger partial charge >= 0.3 is 0 Å². The van der Waals surface area contributed by atoms with Crippen LogP contribution in [0.1, 0.15) is 56.0 Å². The normalized spacial score (nSPS) is 21.0. The summed E-state index contributed by atoms with van der Waals surface area (Å²) >= 11 is 3.56. The van der Waals surface area contributed by atoms with Crippen molar-refractivity contribution in [2.24, 2.45) is 5.92 Å². The fraction of sp³-hybridized carbons (Fsp3) is 0.692. The molecule has 2 aliphatic carbocycles. The molecule has 2 fully saturated rings. The number of aromatic nitrogens is 2. The van der Waals surface area contributed by atoms with Crippen LogP contribution < -0.4 is 5.73 Å². The van der Waals surface area contributed by atoms with Crippen LogP contribution in [0, 0.1) is 5.92 Å². The van der Waals surface area contributed by atoms with Crippen molar-refractivity contribution in [3.8, 4) is 0 Å². The van der Waals surface area contributed by atoms with Gasteiger partial charge in [-0.05, 0) is 47.5 Å². The third-order valence-electron chi connectivity index (χ3n) is 3.86. The summed E-state index contributed by atoms with van der Waals surface area (Å²) in [6, 6.07) is 0. The van der Waals surface area contributed by atoms with E-state index in [2.05, 4.69) is 20.9 Å². The van der Waals surface area contributed by atoms with Gasteiger partial charge in [0.15, 0.2) is 0 Å². The topological polar surface area (TPSA) is 51.8 Å². The Morgan fingerprint density at radius 2 is 1.82 bits per heavy atom. The molecule has 0 atom stereocenters. The number of halogens is 1. The Labute approximate surface area is 110 Å². The van der Waals surface area contributed by atoms with Crippen LogP contribution in [0.15, 0.2) is 4.47 Å². The number of nitrogens with two attached hydrogens (primary N) is 1. The second-order valence-electron chi connectivity index (χ2n) is 5.35. The van der Waals surface area contributed by atoms with E-state index in [1.807, 2.05) is 0 Å². The quantitative estimate of drug-likeness (QED) is 0.929. The van der Waals surface area contributed by atoms with Crippen LogP contribution in [0.2, 0.25) is 0 Å². The molecule has 1 heterocycles. The molecule has 0 spiro atoms. The fourth-order valence-electron chi connectivity index (χ4n) is 2.67. The molecule has 0 radical (unpaired) electrons. The van der Waals surface area contributed by atoms with Gasteiger partial charge in [-0.1, -0.05) is 12.8 Å². The summed E-state index contributed by atoms with van der Waals surface area (Å²) in [7, 11) is 0. The zero-order valence-electron chi connectivity index (χ0n) is 9.95. The third-order valence-corrected chi connectivity index (χ3v) is 4.67. The smallest absolute Gasteiger partial charge is 0.141 e. The lowest BCUT2D eigenvalue weighted by Gasteiger charge is -2.13. The summed E-state index contributed by atoms with van der Waals surface area (Å²) in [5, 5.41) is 0. The minimum atomic E-state index is 0.590. The SMILES string of the molecule is Nc1nc(CC2CC2)nc(C2CCCC2)c1Br. The monoisotopic (exact) mass is 295 g/mol. The lowest BCUT2D eigenvalue weighted by atomic mass is 10.0. The Bertz CT molecular complexity index is 423. The minimum absolute atomic E-state index is 0.590. The highest BCUT2D eigenvalue weighted by Gasteiger charge is 2.26. The van der Waals surface area contributed by atoms with Gasteiger partial charge in [-0.15, -0.1) is 0 Å². The van der Waals surface area contributed by atoms with Crippen LogP contribution in [0.5, 0.6) is 0 Å². The first-order valence-corrected chi connectivity index (χ1v) is 7.35. The highest BCUT2D eigenvalue weighted by Crippen LogP contribution is 2.39. The average Bonchev–Trinajstić information content (AvgIpc) is 2.95. The van der Waals surface area contributed by atoms with Gasteiger partial charge in [-0.25, -0.2) is 9.97 Å². The van der Waals surface area contributed by atoms with Crippen molar-refractivity contribution in [2.45, 2.75) is 50.9 Å². The van der Waals surface area contributed by atoms with Gasteiger partial charge in [0, 0.05) is 12.3 Å². The molecule has 0 bridgehead atoms. The Kier molecular flexibility index (Phi) is 3.07. The van der Waals surface area contributed by atoms with Crippen molar-refractivity contribution in [3.63, 3.8) is 0 Å². The molecule has 0 unspecified atom stereocenters. The molecule has 3 nitrogen and oxygen atoms in total. The summed E-state index contributed by atoms with van der Waals surface area (Å²) in [6.45, 7) is 0. The Hall–Kier alpha value is -0.640. The van der Waals surface area contributed by atoms with E-state index in [4.69, 9.17) is 10.7 Å². The Morgan fingerprint density at radius 1 is 1.12 bits per heavy atom. The van der Waals surface area contributed by atoms with E-state index in [0.717, 1.165) is 28.3 Å². The predicted octanol–water partition coefficient (Wildman–Crippen LogP) is 3.43. The molecule has 0 aliphatic heterocycles. The number of rotatable bonds is 3. The first-order chi connectivity index (χ1) is 8.24. The summed E-state index contributed by atoms with van der Waals surface area (Å²) in [5.41, 5.74) is 7.15. The van der Waals surface area contributed by atoms with Crippen molar-refractivity contribution in [3.05, 3.63) is 16.0 Å². The molecular weight excluding hydrogens is 278 g/mol. The highest BCUT2D eigenvalue weighted by molar-refractivity contribution is 9.10. The highest BCUT2D eigenvalue weighted by atomic mass is 79.9. The summed E-state index contributed by atoms with van der Waals surface area (Å²) < 4.78 is 0.934. The van der Waals surface area contributed by atoms with Gasteiger partial charge in [0.05, 0.1) is 10.2 Å². The summed E-state index contributed by atoms with van der Waals surface area (Å²) in [5.74, 6) is 2.98. The molecule has 3 rings (SSSR count). The summed E-state index contributed by atoms with van der Waals surface area (Å²) in [6.07, 6.45) is 8.81. The molecule has 0 aromatic carbocycles. The molecule has 17 heavy (non-hydrogen) atoms. The predicted molar refractivity (Wildman–Crippen MR) is 71.8 cm³/mol. The van der Waals surface area contributed by atoms with E-state index >= 15 is 0 Å². The molecule has 2 saturated carbocycles. The van der Waals surface area contributed by atoms with E-state index in [0.29, 0.717) is 11.7 Å². The molecular formula is C13H18BrN3. The summed E-state index contributed by atoms with van der Waals surface area (Å²) in [4.78, 5) is 9.16. The third kappa shape index (κ3) is 2.46. The largest absolute Gasteiger partial charge is 0.383 e. The molecule has 92 valence electrons. The first-order valence-electron chi connectivity index (χ1n) is 6.56. The van der Waals surface area contributed by atoms with Crippen LogP contribution in [-0.4, -0.2) is 9.97 Å². The van der Waals surface area contributed by atoms with E-state index < -0.39 is 0 Å². The van der Waals surface area contributed by atoms with Crippen molar-refractivity contribution in [1.29, 1.82) is 0 Å². The Balaban J connectivity index is 1.90. The van der Waals surface area contributed by atoms with Crippen molar-refractivity contribution >= 4 is 21.7 Å². The van der Waals surface area contributed by atoms with Crippen molar-refractivity contribution in [1.82, 2.24) is 9.97 Å². The lowest BCUT2D eigenvalue weighted by Crippen LogP contribution is -2.08. The van der Waals surface area contributed by atoms with Crippen LogP contribution in [0.3, 0.4) is 0 Å². The number of nitrogens with zero attached hydrogens (tertiary/aromatic N) is 2. The van der Waals surface area contributed by atoms with Gasteiger partial charge in [0.25, 0.3) is 0 Å². The van der Waals surface area contributed by atoms with Gasteiger partial charge in [-0.2, -0.15) is 0 Å². The van der Waals surface area contributed by atoms with Crippen LogP contribution >= 0.6 is 15.9 Å². The molecule has 2 N–H and O–H groups in total. The average molecular weight is 296 g/mol. The number of hydrogen-bond donors (Lipinski definition) is 1. The van der Waals surface area contributed by atoms with Crippen LogP contribution in [-0.2, 0) is 6.42 Å². The van der Waals surface area contributed by atoms with Gasteiger partial charge in [0.2, 0.25) is 0 Å². The zero-order chi connectivity index (χ0) is 11.8. The van der Waals surface area contributed by atoms with Crippen LogP contribution in [0.25, 0.3) is 0 Å². The van der Waals surface area contributed by atoms with E-state index in [1.54, 1.807) is 0 Å². The first kappa shape index (κ1) is 11.5. The second kappa shape index (κ2) is 4.56. The maximum Gasteiger partial charge on any atom is 0.141 e. The van der Waals surface area contributed by atoms with Crippen LogP contribution in [0.4, 0.5) is 5.82 Å². The standard InChI is InChI=1S/C13H18BrN3/c14-11-12(9-3-1-2-4-9)16-10(17-13(11)15)7-8-5-6-8/h8-9H,1-7H2,(H2,15,16,17). The fourth-order valence-corrected chi connectivity index (χ4v) is 3.17. The van der Waals surface area contributed by atoms with E-state index in [9.17, 15) is 0 Å². The number of nitrogen functional groups attached to an aromatic ring is 1.